The lowest BCUT2D eigenvalue weighted by atomic mass is 10.0. The zero-order valence-electron chi connectivity index (χ0n) is 13.2. The van der Waals surface area contributed by atoms with E-state index in [-0.39, 0.29) is 16.4 Å². The highest BCUT2D eigenvalue weighted by molar-refractivity contribution is 8.14. The molecule has 2 aliphatic heterocycles. The zero-order chi connectivity index (χ0) is 17.4. The molecule has 1 amide bonds. The number of fused-ring (bicyclic) bond motifs is 1. The Hall–Kier alpha value is -2.60. The van der Waals surface area contributed by atoms with Gasteiger partial charge in [0.1, 0.15) is 0 Å². The fourth-order valence-corrected chi connectivity index (χ4v) is 4.28. The lowest BCUT2D eigenvalue weighted by Crippen LogP contribution is -2.55. The molecule has 2 saturated heterocycles. The fraction of sp³-hybridized carbons (Fsp3) is 0.211. The maximum atomic E-state index is 12.7. The number of benzene rings is 2. The molecule has 6 heteroatoms. The molecule has 2 unspecified atom stereocenters. The number of carbonyl (C=O) groups is 3. The molecule has 0 radical (unpaired) electrons. The van der Waals surface area contributed by atoms with Crippen molar-refractivity contribution in [2.75, 3.05) is 0 Å². The Balaban J connectivity index is 1.62. The first-order valence-electron chi connectivity index (χ1n) is 7.97. The Labute approximate surface area is 149 Å². The van der Waals surface area contributed by atoms with E-state index in [2.05, 4.69) is 0 Å². The van der Waals surface area contributed by atoms with Crippen LogP contribution in [0.3, 0.4) is 0 Å². The van der Waals surface area contributed by atoms with Crippen LogP contribution < -0.4 is 0 Å². The van der Waals surface area contributed by atoms with E-state index in [1.54, 1.807) is 0 Å². The second-order valence-electron chi connectivity index (χ2n) is 5.94. The van der Waals surface area contributed by atoms with Gasteiger partial charge in [-0.15, -0.1) is 0 Å². The lowest BCUT2D eigenvalue weighted by Gasteiger charge is -2.35. The SMILES string of the molecule is O=C(OC(c1ccccc1)c1ccccc1)C1C(=O)SC2CC(=O)N21. The smallest absolute Gasteiger partial charge is 0.338 e. The van der Waals surface area contributed by atoms with E-state index in [0.717, 1.165) is 22.9 Å². The average Bonchev–Trinajstić information content (AvgIpc) is 2.91. The summed E-state index contributed by atoms with van der Waals surface area (Å²) < 4.78 is 5.71. The van der Waals surface area contributed by atoms with Gasteiger partial charge in [0.15, 0.2) is 12.1 Å². The summed E-state index contributed by atoms with van der Waals surface area (Å²) in [5.74, 6) is -0.855. The van der Waals surface area contributed by atoms with Crippen molar-refractivity contribution in [1.29, 1.82) is 0 Å². The van der Waals surface area contributed by atoms with Gasteiger partial charge in [-0.05, 0) is 11.1 Å². The zero-order valence-corrected chi connectivity index (χ0v) is 14.0. The van der Waals surface area contributed by atoms with Crippen LogP contribution in [0.1, 0.15) is 23.7 Å². The van der Waals surface area contributed by atoms with E-state index in [1.807, 2.05) is 60.7 Å². The number of hydrogen-bond donors (Lipinski definition) is 0. The second kappa shape index (κ2) is 6.37. The van der Waals surface area contributed by atoms with Gasteiger partial charge in [-0.2, -0.15) is 0 Å². The van der Waals surface area contributed by atoms with Crippen LogP contribution in [0.4, 0.5) is 0 Å². The Morgan fingerprint density at radius 2 is 1.56 bits per heavy atom. The molecule has 0 N–H and O–H groups in total. The molecular weight excluding hydrogens is 338 g/mol. The van der Waals surface area contributed by atoms with Crippen molar-refractivity contribution >= 4 is 28.8 Å². The molecule has 0 aromatic heterocycles. The van der Waals surface area contributed by atoms with Gasteiger partial charge in [0, 0.05) is 0 Å². The van der Waals surface area contributed by atoms with Crippen LogP contribution in [-0.4, -0.2) is 33.3 Å². The second-order valence-corrected chi connectivity index (χ2v) is 7.12. The number of β-lactam (4-membered cyclic amide) rings is 1. The third kappa shape index (κ3) is 2.82. The summed E-state index contributed by atoms with van der Waals surface area (Å²) in [7, 11) is 0. The van der Waals surface area contributed by atoms with E-state index in [4.69, 9.17) is 4.74 Å². The fourth-order valence-electron chi connectivity index (χ4n) is 3.10. The molecule has 5 nitrogen and oxygen atoms in total. The standard InChI is InChI=1S/C19H15NO4S/c21-14-11-15-20(14)16(19(23)25-15)18(22)24-17(12-7-3-1-4-8-12)13-9-5-2-6-10-13/h1-10,15-17H,11H2. The maximum absolute atomic E-state index is 12.7. The predicted molar refractivity (Wildman–Crippen MR) is 92.5 cm³/mol. The Bertz CT molecular complexity index is 784. The number of hydrogen-bond acceptors (Lipinski definition) is 5. The molecular formula is C19H15NO4S. The van der Waals surface area contributed by atoms with Gasteiger partial charge in [-0.3, -0.25) is 9.59 Å². The van der Waals surface area contributed by atoms with Crippen LogP contribution in [0.15, 0.2) is 60.7 Å². The first kappa shape index (κ1) is 15.9. The lowest BCUT2D eigenvalue weighted by molar-refractivity contribution is -0.164. The van der Waals surface area contributed by atoms with Crippen LogP contribution >= 0.6 is 11.8 Å². The molecule has 2 heterocycles. The highest BCUT2D eigenvalue weighted by Gasteiger charge is 2.55. The minimum absolute atomic E-state index is 0.179. The molecule has 2 aliphatic rings. The van der Waals surface area contributed by atoms with Crippen LogP contribution in [0.5, 0.6) is 0 Å². The monoisotopic (exact) mass is 353 g/mol. The van der Waals surface area contributed by atoms with Crippen molar-refractivity contribution in [2.24, 2.45) is 0 Å². The first-order chi connectivity index (χ1) is 12.1. The van der Waals surface area contributed by atoms with Crippen molar-refractivity contribution in [2.45, 2.75) is 23.9 Å². The summed E-state index contributed by atoms with van der Waals surface area (Å²) in [5, 5.41) is -0.537. The quantitative estimate of drug-likeness (QED) is 0.480. The molecule has 0 spiro atoms. The van der Waals surface area contributed by atoms with Crippen molar-refractivity contribution in [3.05, 3.63) is 71.8 Å². The summed E-state index contributed by atoms with van der Waals surface area (Å²) in [6, 6.07) is 17.6. The van der Waals surface area contributed by atoms with Gasteiger partial charge in [0.05, 0.1) is 11.8 Å². The molecule has 0 saturated carbocycles. The molecule has 2 fully saturated rings. The summed E-state index contributed by atoms with van der Waals surface area (Å²) in [6.45, 7) is 0. The number of carbonyl (C=O) groups excluding carboxylic acids is 3. The summed E-state index contributed by atoms with van der Waals surface area (Å²) in [6.07, 6.45) is -0.316. The average molecular weight is 353 g/mol. The number of rotatable bonds is 4. The van der Waals surface area contributed by atoms with Gasteiger partial charge >= 0.3 is 5.97 Å². The van der Waals surface area contributed by atoms with Crippen LogP contribution in [0, 0.1) is 0 Å². The summed E-state index contributed by atoms with van der Waals surface area (Å²) in [4.78, 5) is 37.9. The number of esters is 1. The van der Waals surface area contributed by atoms with E-state index in [1.165, 1.54) is 4.90 Å². The van der Waals surface area contributed by atoms with E-state index in [9.17, 15) is 14.4 Å². The highest BCUT2D eigenvalue weighted by Crippen LogP contribution is 2.41. The van der Waals surface area contributed by atoms with Gasteiger partial charge in [0.2, 0.25) is 11.0 Å². The Kier molecular flexibility index (Phi) is 4.05. The number of amides is 1. The van der Waals surface area contributed by atoms with E-state index in [0.29, 0.717) is 6.42 Å². The van der Waals surface area contributed by atoms with Crippen LogP contribution in [0.25, 0.3) is 0 Å². The molecule has 0 aliphatic carbocycles. The topological polar surface area (TPSA) is 63.7 Å². The number of nitrogens with zero attached hydrogens (tertiary/aromatic N) is 1. The molecule has 4 rings (SSSR count). The van der Waals surface area contributed by atoms with Crippen LogP contribution in [-0.2, 0) is 19.1 Å². The molecule has 126 valence electrons. The number of thioether (sulfide) groups is 1. The van der Waals surface area contributed by atoms with Crippen molar-refractivity contribution in [3.63, 3.8) is 0 Å². The largest absolute Gasteiger partial charge is 0.451 e. The summed E-state index contributed by atoms with van der Waals surface area (Å²) >= 11 is 1.04. The molecule has 2 aromatic carbocycles. The Morgan fingerprint density at radius 1 is 1.00 bits per heavy atom. The van der Waals surface area contributed by atoms with Gasteiger partial charge < -0.3 is 9.64 Å². The van der Waals surface area contributed by atoms with Crippen molar-refractivity contribution < 1.29 is 19.1 Å². The minimum atomic E-state index is -1.13. The third-order valence-corrected chi connectivity index (χ3v) is 5.48. The molecule has 25 heavy (non-hydrogen) atoms. The van der Waals surface area contributed by atoms with Crippen molar-refractivity contribution in [3.8, 4) is 0 Å². The van der Waals surface area contributed by atoms with Crippen molar-refractivity contribution in [1.82, 2.24) is 4.90 Å². The van der Waals surface area contributed by atoms with E-state index < -0.39 is 18.1 Å². The first-order valence-corrected chi connectivity index (χ1v) is 8.85. The molecule has 0 bridgehead atoms. The Morgan fingerprint density at radius 3 is 2.08 bits per heavy atom. The number of ether oxygens (including phenoxy) is 1. The van der Waals surface area contributed by atoms with Gasteiger partial charge in [-0.25, -0.2) is 4.79 Å². The van der Waals surface area contributed by atoms with E-state index >= 15 is 0 Å². The molecule has 2 atom stereocenters. The van der Waals surface area contributed by atoms with Crippen LogP contribution in [0.2, 0.25) is 0 Å². The van der Waals surface area contributed by atoms with Gasteiger partial charge in [0.25, 0.3) is 0 Å². The maximum Gasteiger partial charge on any atom is 0.338 e. The molecule has 2 aromatic rings. The minimum Gasteiger partial charge on any atom is -0.451 e. The summed E-state index contributed by atoms with van der Waals surface area (Å²) in [5.41, 5.74) is 1.62. The third-order valence-electron chi connectivity index (χ3n) is 4.36. The highest BCUT2D eigenvalue weighted by atomic mass is 32.2. The predicted octanol–water partition coefficient (Wildman–Crippen LogP) is 2.52. The van der Waals surface area contributed by atoms with Gasteiger partial charge in [-0.1, -0.05) is 72.4 Å². The normalized spacial score (nSPS) is 21.9.